The Morgan fingerprint density at radius 2 is 2.05 bits per heavy atom. The predicted octanol–water partition coefficient (Wildman–Crippen LogP) is 3.63. The first kappa shape index (κ1) is 12.3. The number of fused-ring (bicyclic) bond motifs is 2. The zero-order valence-electron chi connectivity index (χ0n) is 10.6. The van der Waals surface area contributed by atoms with E-state index in [2.05, 4.69) is 6.07 Å². The molecule has 0 fully saturated rings. The molecular formula is C16H14O2S. The van der Waals surface area contributed by atoms with Crippen molar-refractivity contribution in [2.75, 3.05) is 6.26 Å². The quantitative estimate of drug-likeness (QED) is 0.615. The Bertz CT molecular complexity index is 622. The molecule has 2 nitrogen and oxygen atoms in total. The molecule has 0 radical (unpaired) electrons. The Labute approximate surface area is 116 Å². The average Bonchev–Trinajstić information content (AvgIpc) is 2.62. The van der Waals surface area contributed by atoms with E-state index < -0.39 is 0 Å². The summed E-state index contributed by atoms with van der Waals surface area (Å²) in [5.74, 6) is 0.576. The van der Waals surface area contributed by atoms with Crippen molar-refractivity contribution in [3.05, 3.63) is 59.2 Å². The van der Waals surface area contributed by atoms with Gasteiger partial charge < -0.3 is 9.53 Å². The third kappa shape index (κ3) is 2.15. The van der Waals surface area contributed by atoms with E-state index in [0.717, 1.165) is 33.6 Å². The van der Waals surface area contributed by atoms with E-state index in [1.54, 1.807) is 11.8 Å². The van der Waals surface area contributed by atoms with E-state index in [1.165, 1.54) is 0 Å². The van der Waals surface area contributed by atoms with Crippen molar-refractivity contribution in [3.8, 4) is 5.75 Å². The lowest BCUT2D eigenvalue weighted by atomic mass is 9.90. The van der Waals surface area contributed by atoms with Gasteiger partial charge in [-0.2, -0.15) is 0 Å². The monoisotopic (exact) mass is 270 g/mol. The first-order valence-electron chi connectivity index (χ1n) is 6.17. The van der Waals surface area contributed by atoms with Gasteiger partial charge in [0.15, 0.2) is 0 Å². The summed E-state index contributed by atoms with van der Waals surface area (Å²) in [7, 11) is 0. The summed E-state index contributed by atoms with van der Waals surface area (Å²) in [6, 6.07) is 14.0. The summed E-state index contributed by atoms with van der Waals surface area (Å²) in [6.07, 6.45) is 3.04. The van der Waals surface area contributed by atoms with Gasteiger partial charge in [-0.3, -0.25) is 0 Å². The number of aldehydes is 1. The maximum absolute atomic E-state index is 11.6. The first-order valence-corrected chi connectivity index (χ1v) is 7.40. The molecule has 3 heteroatoms. The van der Waals surface area contributed by atoms with Crippen molar-refractivity contribution in [1.29, 1.82) is 0 Å². The number of hydrogen-bond donors (Lipinski definition) is 0. The molecule has 2 aromatic rings. The largest absolute Gasteiger partial charge is 0.489 e. The van der Waals surface area contributed by atoms with Gasteiger partial charge in [0.05, 0.1) is 5.92 Å². The maximum atomic E-state index is 11.6. The fourth-order valence-corrected chi connectivity index (χ4v) is 2.92. The van der Waals surface area contributed by atoms with Crippen LogP contribution in [0.1, 0.15) is 22.6 Å². The van der Waals surface area contributed by atoms with Crippen LogP contribution in [-0.2, 0) is 11.4 Å². The van der Waals surface area contributed by atoms with Gasteiger partial charge in [0.25, 0.3) is 0 Å². The van der Waals surface area contributed by atoms with Crippen LogP contribution >= 0.6 is 11.8 Å². The van der Waals surface area contributed by atoms with E-state index in [1.807, 2.05) is 42.7 Å². The summed E-state index contributed by atoms with van der Waals surface area (Å²) in [5.41, 5.74) is 3.10. The molecule has 96 valence electrons. The topological polar surface area (TPSA) is 26.3 Å². The first-order chi connectivity index (χ1) is 9.33. The van der Waals surface area contributed by atoms with E-state index in [-0.39, 0.29) is 5.92 Å². The van der Waals surface area contributed by atoms with Crippen LogP contribution in [0.5, 0.6) is 5.75 Å². The van der Waals surface area contributed by atoms with Crippen molar-refractivity contribution in [2.24, 2.45) is 0 Å². The minimum absolute atomic E-state index is 0.235. The van der Waals surface area contributed by atoms with E-state index >= 15 is 0 Å². The molecule has 3 rings (SSSR count). The number of carbonyl (C=O) groups excluding carboxylic acids is 1. The fourth-order valence-electron chi connectivity index (χ4n) is 2.47. The standard InChI is InChI=1S/C16H14O2S/c1-19-12-6-7-16-14(8-12)15(9-17)13-5-3-2-4-11(13)10-18-16/h2-9,15H,10H2,1H3/t15-/m1/s1. The summed E-state index contributed by atoms with van der Waals surface area (Å²) < 4.78 is 5.84. The van der Waals surface area contributed by atoms with Crippen LogP contribution in [-0.4, -0.2) is 12.5 Å². The van der Waals surface area contributed by atoms with Crippen LogP contribution in [0.25, 0.3) is 0 Å². The Balaban J connectivity index is 2.19. The van der Waals surface area contributed by atoms with Crippen molar-refractivity contribution < 1.29 is 9.53 Å². The molecule has 0 saturated heterocycles. The van der Waals surface area contributed by atoms with Gasteiger partial charge in [0, 0.05) is 10.5 Å². The molecule has 1 heterocycles. The lowest BCUT2D eigenvalue weighted by molar-refractivity contribution is -0.108. The van der Waals surface area contributed by atoms with Crippen molar-refractivity contribution in [3.63, 3.8) is 0 Å². The van der Waals surface area contributed by atoms with Crippen LogP contribution in [0.2, 0.25) is 0 Å². The smallest absolute Gasteiger partial charge is 0.132 e. The summed E-state index contributed by atoms with van der Waals surface area (Å²) in [4.78, 5) is 12.7. The predicted molar refractivity (Wildman–Crippen MR) is 76.9 cm³/mol. The third-order valence-corrected chi connectivity index (χ3v) is 4.19. The molecule has 0 spiro atoms. The van der Waals surface area contributed by atoms with Crippen LogP contribution in [0.15, 0.2) is 47.4 Å². The summed E-state index contributed by atoms with van der Waals surface area (Å²) in [6.45, 7) is 0.520. The lowest BCUT2D eigenvalue weighted by Crippen LogP contribution is -2.03. The second-order valence-corrected chi connectivity index (χ2v) is 5.38. The van der Waals surface area contributed by atoms with Gasteiger partial charge in [-0.25, -0.2) is 0 Å². The Kier molecular flexibility index (Phi) is 3.30. The molecule has 0 bridgehead atoms. The average molecular weight is 270 g/mol. The van der Waals surface area contributed by atoms with Gasteiger partial charge in [0.2, 0.25) is 0 Å². The highest BCUT2D eigenvalue weighted by Crippen LogP contribution is 2.37. The molecular weight excluding hydrogens is 256 g/mol. The number of carbonyl (C=O) groups is 1. The molecule has 1 aliphatic heterocycles. The van der Waals surface area contributed by atoms with Gasteiger partial charge in [-0.15, -0.1) is 11.8 Å². The molecule has 1 aliphatic rings. The molecule has 19 heavy (non-hydrogen) atoms. The Morgan fingerprint density at radius 3 is 2.84 bits per heavy atom. The number of benzene rings is 2. The number of rotatable bonds is 2. The Hall–Kier alpha value is -1.74. The zero-order chi connectivity index (χ0) is 13.2. The van der Waals surface area contributed by atoms with Gasteiger partial charge in [0.1, 0.15) is 18.6 Å². The highest BCUT2D eigenvalue weighted by molar-refractivity contribution is 7.98. The zero-order valence-corrected chi connectivity index (χ0v) is 11.4. The minimum atomic E-state index is -0.235. The molecule has 0 unspecified atom stereocenters. The van der Waals surface area contributed by atoms with Crippen LogP contribution < -0.4 is 4.74 Å². The number of hydrogen-bond acceptors (Lipinski definition) is 3. The normalized spacial score (nSPS) is 16.8. The van der Waals surface area contributed by atoms with E-state index in [9.17, 15) is 4.79 Å². The van der Waals surface area contributed by atoms with Crippen molar-refractivity contribution >= 4 is 18.0 Å². The molecule has 0 aromatic heterocycles. The fraction of sp³-hybridized carbons (Fsp3) is 0.188. The molecule has 2 aromatic carbocycles. The molecule has 0 saturated carbocycles. The van der Waals surface area contributed by atoms with Crippen LogP contribution in [0.4, 0.5) is 0 Å². The lowest BCUT2D eigenvalue weighted by Gasteiger charge is -2.13. The van der Waals surface area contributed by atoms with Gasteiger partial charge >= 0.3 is 0 Å². The maximum Gasteiger partial charge on any atom is 0.132 e. The minimum Gasteiger partial charge on any atom is -0.489 e. The summed E-state index contributed by atoms with van der Waals surface area (Å²) in [5, 5.41) is 0. The van der Waals surface area contributed by atoms with Crippen molar-refractivity contribution in [2.45, 2.75) is 17.4 Å². The SMILES string of the molecule is CSc1ccc2c(c1)[C@H](C=O)c1ccccc1CO2. The molecule has 1 atom stereocenters. The van der Waals surface area contributed by atoms with Gasteiger partial charge in [-0.1, -0.05) is 24.3 Å². The van der Waals surface area contributed by atoms with Crippen molar-refractivity contribution in [1.82, 2.24) is 0 Å². The van der Waals surface area contributed by atoms with E-state index in [0.29, 0.717) is 6.61 Å². The Morgan fingerprint density at radius 1 is 1.21 bits per heavy atom. The second kappa shape index (κ2) is 5.10. The van der Waals surface area contributed by atoms with Crippen LogP contribution in [0, 0.1) is 0 Å². The molecule has 0 N–H and O–H groups in total. The van der Waals surface area contributed by atoms with E-state index in [4.69, 9.17) is 4.74 Å². The second-order valence-electron chi connectivity index (χ2n) is 4.50. The summed E-state index contributed by atoms with van der Waals surface area (Å²) >= 11 is 1.67. The highest BCUT2D eigenvalue weighted by atomic mass is 32.2. The molecule has 0 amide bonds. The number of ether oxygens (including phenoxy) is 1. The molecule has 0 aliphatic carbocycles. The van der Waals surface area contributed by atoms with Crippen LogP contribution in [0.3, 0.4) is 0 Å². The third-order valence-electron chi connectivity index (χ3n) is 3.46. The highest BCUT2D eigenvalue weighted by Gasteiger charge is 2.24. The van der Waals surface area contributed by atoms with Gasteiger partial charge in [-0.05, 0) is 35.6 Å². The number of thioether (sulfide) groups is 1.